The molecule has 0 aliphatic carbocycles. The average molecular weight is 245 g/mol. The third-order valence-corrected chi connectivity index (χ3v) is 3.01. The van der Waals surface area contributed by atoms with E-state index in [4.69, 9.17) is 17.0 Å². The maximum absolute atomic E-state index is 5.16. The van der Waals surface area contributed by atoms with E-state index in [2.05, 4.69) is 15.5 Å². The van der Waals surface area contributed by atoms with Crippen molar-refractivity contribution in [3.05, 3.63) is 0 Å². The molecule has 0 aromatic rings. The van der Waals surface area contributed by atoms with Gasteiger partial charge in [0.05, 0.1) is 0 Å². The lowest BCUT2D eigenvalue weighted by molar-refractivity contribution is 0.195. The van der Waals surface area contributed by atoms with Crippen molar-refractivity contribution in [3.8, 4) is 0 Å². The monoisotopic (exact) mass is 245 g/mol. The van der Waals surface area contributed by atoms with Gasteiger partial charge in [-0.3, -0.25) is 0 Å². The van der Waals surface area contributed by atoms with Gasteiger partial charge in [-0.1, -0.05) is 0 Å². The summed E-state index contributed by atoms with van der Waals surface area (Å²) in [6, 6.07) is 0. The summed E-state index contributed by atoms with van der Waals surface area (Å²) in [6.07, 6.45) is 3.68. The maximum atomic E-state index is 5.16. The molecule has 1 aliphatic rings. The van der Waals surface area contributed by atoms with Gasteiger partial charge in [-0.15, -0.1) is 0 Å². The zero-order valence-corrected chi connectivity index (χ0v) is 10.9. The van der Waals surface area contributed by atoms with Crippen LogP contribution in [-0.2, 0) is 4.74 Å². The summed E-state index contributed by atoms with van der Waals surface area (Å²) in [4.78, 5) is 2.47. The lowest BCUT2D eigenvalue weighted by Gasteiger charge is -2.16. The summed E-state index contributed by atoms with van der Waals surface area (Å²) in [5.41, 5.74) is 0. The number of methoxy groups -OCH3 is 1. The van der Waals surface area contributed by atoms with Gasteiger partial charge in [-0.05, 0) is 44.6 Å². The minimum absolute atomic E-state index is 0.760. The Morgan fingerprint density at radius 2 is 1.94 bits per heavy atom. The zero-order valence-electron chi connectivity index (χ0n) is 10.1. The van der Waals surface area contributed by atoms with Crippen molar-refractivity contribution in [2.75, 3.05) is 46.4 Å². The first-order chi connectivity index (χ1) is 7.83. The average Bonchev–Trinajstić information content (AvgIpc) is 2.77. The number of ether oxygens (including phenoxy) is 1. The normalized spacial score (nSPS) is 16.3. The lowest BCUT2D eigenvalue weighted by Crippen LogP contribution is -2.40. The molecule has 0 saturated carbocycles. The number of hydrogen-bond donors (Lipinski definition) is 2. The van der Waals surface area contributed by atoms with E-state index in [0.717, 1.165) is 37.8 Å². The summed E-state index contributed by atoms with van der Waals surface area (Å²) in [6.45, 7) is 6.19. The minimum Gasteiger partial charge on any atom is -0.385 e. The standard InChI is InChI=1S/C11H23N3OS/c1-15-10-4-5-12-11(16)13-6-9-14-7-2-3-8-14/h2-10H2,1H3,(H2,12,13,16). The highest BCUT2D eigenvalue weighted by Crippen LogP contribution is 2.05. The van der Waals surface area contributed by atoms with E-state index in [1.807, 2.05) is 0 Å². The number of thiocarbonyl (C=S) groups is 1. The molecule has 2 N–H and O–H groups in total. The fourth-order valence-electron chi connectivity index (χ4n) is 1.81. The SMILES string of the molecule is COCCCNC(=S)NCCN1CCCC1. The van der Waals surface area contributed by atoms with Gasteiger partial charge in [-0.2, -0.15) is 0 Å². The Morgan fingerprint density at radius 1 is 1.25 bits per heavy atom. The molecule has 1 aliphatic heterocycles. The molecular formula is C11H23N3OS. The predicted molar refractivity (Wildman–Crippen MR) is 70.8 cm³/mol. The summed E-state index contributed by atoms with van der Waals surface area (Å²) in [5, 5.41) is 7.15. The van der Waals surface area contributed by atoms with Gasteiger partial charge in [-0.25, -0.2) is 0 Å². The Kier molecular flexibility index (Phi) is 7.46. The number of nitrogens with zero attached hydrogens (tertiary/aromatic N) is 1. The number of hydrogen-bond acceptors (Lipinski definition) is 3. The minimum atomic E-state index is 0.760. The van der Waals surface area contributed by atoms with E-state index in [-0.39, 0.29) is 0 Å². The molecule has 0 radical (unpaired) electrons. The van der Waals surface area contributed by atoms with Crippen molar-refractivity contribution in [2.45, 2.75) is 19.3 Å². The molecule has 1 fully saturated rings. The van der Waals surface area contributed by atoms with Crippen LogP contribution < -0.4 is 10.6 Å². The number of likely N-dealkylation sites (tertiary alicyclic amines) is 1. The maximum Gasteiger partial charge on any atom is 0.166 e. The first-order valence-corrected chi connectivity index (χ1v) is 6.47. The van der Waals surface area contributed by atoms with E-state index in [0.29, 0.717) is 0 Å². The van der Waals surface area contributed by atoms with Gasteiger partial charge >= 0.3 is 0 Å². The largest absolute Gasteiger partial charge is 0.385 e. The van der Waals surface area contributed by atoms with Gasteiger partial charge in [0, 0.05) is 33.4 Å². The van der Waals surface area contributed by atoms with E-state index in [1.54, 1.807) is 7.11 Å². The van der Waals surface area contributed by atoms with Crippen molar-refractivity contribution < 1.29 is 4.74 Å². The first-order valence-electron chi connectivity index (χ1n) is 6.06. The Hall–Kier alpha value is -0.390. The van der Waals surface area contributed by atoms with Gasteiger partial charge in [0.15, 0.2) is 5.11 Å². The molecule has 16 heavy (non-hydrogen) atoms. The van der Waals surface area contributed by atoms with Gasteiger partial charge < -0.3 is 20.3 Å². The van der Waals surface area contributed by atoms with E-state index < -0.39 is 0 Å². The number of nitrogens with one attached hydrogen (secondary N) is 2. The molecule has 1 heterocycles. The van der Waals surface area contributed by atoms with Crippen LogP contribution in [0.4, 0.5) is 0 Å². The highest BCUT2D eigenvalue weighted by Gasteiger charge is 2.10. The summed E-state index contributed by atoms with van der Waals surface area (Å²) in [7, 11) is 1.71. The van der Waals surface area contributed by atoms with Crippen LogP contribution >= 0.6 is 12.2 Å². The molecule has 4 nitrogen and oxygen atoms in total. The topological polar surface area (TPSA) is 36.5 Å². The second-order valence-electron chi connectivity index (χ2n) is 4.08. The van der Waals surface area contributed by atoms with Crippen LogP contribution in [0.5, 0.6) is 0 Å². The quantitative estimate of drug-likeness (QED) is 0.507. The van der Waals surface area contributed by atoms with Gasteiger partial charge in [0.25, 0.3) is 0 Å². The Bertz CT molecular complexity index is 196. The molecule has 5 heteroatoms. The summed E-state index contributed by atoms with van der Waals surface area (Å²) < 4.78 is 4.96. The molecule has 94 valence electrons. The van der Waals surface area contributed by atoms with Crippen molar-refractivity contribution in [1.29, 1.82) is 0 Å². The summed E-state index contributed by atoms with van der Waals surface area (Å²) in [5.74, 6) is 0. The van der Waals surface area contributed by atoms with Crippen LogP contribution in [0, 0.1) is 0 Å². The zero-order chi connectivity index (χ0) is 11.6. The molecule has 0 atom stereocenters. The lowest BCUT2D eigenvalue weighted by atomic mass is 10.4. The van der Waals surface area contributed by atoms with Gasteiger partial charge in [0.1, 0.15) is 0 Å². The molecule has 1 rings (SSSR count). The fraction of sp³-hybridized carbons (Fsp3) is 0.909. The summed E-state index contributed by atoms with van der Waals surface area (Å²) >= 11 is 5.16. The van der Waals surface area contributed by atoms with Crippen molar-refractivity contribution in [3.63, 3.8) is 0 Å². The van der Waals surface area contributed by atoms with Crippen LogP contribution in [0.15, 0.2) is 0 Å². The molecular weight excluding hydrogens is 222 g/mol. The molecule has 1 saturated heterocycles. The highest BCUT2D eigenvalue weighted by atomic mass is 32.1. The van der Waals surface area contributed by atoms with Crippen molar-refractivity contribution in [2.24, 2.45) is 0 Å². The van der Waals surface area contributed by atoms with Crippen LogP contribution in [-0.4, -0.2) is 56.5 Å². The van der Waals surface area contributed by atoms with Crippen LogP contribution in [0.25, 0.3) is 0 Å². The third kappa shape index (κ3) is 6.25. The van der Waals surface area contributed by atoms with E-state index >= 15 is 0 Å². The third-order valence-electron chi connectivity index (χ3n) is 2.72. The highest BCUT2D eigenvalue weighted by molar-refractivity contribution is 7.80. The molecule has 0 aromatic heterocycles. The first kappa shape index (κ1) is 13.7. The molecule has 0 aromatic carbocycles. The fourth-order valence-corrected chi connectivity index (χ4v) is 2.02. The Balaban J connectivity index is 1.89. The molecule has 0 spiro atoms. The van der Waals surface area contributed by atoms with E-state index in [9.17, 15) is 0 Å². The smallest absolute Gasteiger partial charge is 0.166 e. The molecule has 0 amide bonds. The van der Waals surface area contributed by atoms with Gasteiger partial charge in [0.2, 0.25) is 0 Å². The second kappa shape index (κ2) is 8.73. The van der Waals surface area contributed by atoms with Crippen LogP contribution in [0.3, 0.4) is 0 Å². The Morgan fingerprint density at radius 3 is 2.62 bits per heavy atom. The Labute approximate surface area is 104 Å². The van der Waals surface area contributed by atoms with Crippen LogP contribution in [0.1, 0.15) is 19.3 Å². The second-order valence-corrected chi connectivity index (χ2v) is 4.49. The molecule has 0 unspecified atom stereocenters. The molecule has 0 bridgehead atoms. The van der Waals surface area contributed by atoms with Crippen molar-refractivity contribution in [1.82, 2.24) is 15.5 Å². The number of rotatable bonds is 7. The predicted octanol–water partition coefficient (Wildman–Crippen LogP) is 0.583. The van der Waals surface area contributed by atoms with Crippen LogP contribution in [0.2, 0.25) is 0 Å². The van der Waals surface area contributed by atoms with Crippen molar-refractivity contribution >= 4 is 17.3 Å². The van der Waals surface area contributed by atoms with E-state index in [1.165, 1.54) is 25.9 Å².